The zero-order valence-corrected chi connectivity index (χ0v) is 9.40. The zero-order valence-electron chi connectivity index (χ0n) is 7.83. The average Bonchev–Trinajstić information content (AvgIpc) is 2.09. The second kappa shape index (κ2) is 5.45. The summed E-state index contributed by atoms with van der Waals surface area (Å²) in [6.07, 6.45) is 4.66. The van der Waals surface area contributed by atoms with Crippen LogP contribution in [0.2, 0.25) is 0 Å². The van der Waals surface area contributed by atoms with Gasteiger partial charge >= 0.3 is 0 Å². The van der Waals surface area contributed by atoms with Gasteiger partial charge in [0.1, 0.15) is 0 Å². The Balaban J connectivity index is 2.49. The quantitative estimate of drug-likeness (QED) is 0.440. The molecule has 0 N–H and O–H groups in total. The molecule has 1 heterocycles. The monoisotopic (exact) mass is 216 g/mol. The van der Waals surface area contributed by atoms with Gasteiger partial charge in [-0.25, -0.2) is 9.97 Å². The van der Waals surface area contributed by atoms with Crippen LogP contribution in [0.3, 0.4) is 0 Å². The van der Waals surface area contributed by atoms with E-state index < -0.39 is 0 Å². The highest BCUT2D eigenvalue weighted by molar-refractivity contribution is 7.99. The van der Waals surface area contributed by atoms with Crippen molar-refractivity contribution in [1.29, 1.82) is 0 Å². The van der Waals surface area contributed by atoms with Crippen molar-refractivity contribution in [2.45, 2.75) is 30.7 Å². The van der Waals surface area contributed by atoms with E-state index in [9.17, 15) is 0 Å². The molecule has 0 radical (unpaired) electrons. The van der Waals surface area contributed by atoms with Gasteiger partial charge in [0.25, 0.3) is 0 Å². The van der Waals surface area contributed by atoms with Crippen molar-refractivity contribution < 1.29 is 0 Å². The molecule has 1 rings (SSSR count). The number of aryl methyl sites for hydroxylation is 1. The van der Waals surface area contributed by atoms with Crippen molar-refractivity contribution in [3.05, 3.63) is 18.0 Å². The molecule has 0 aromatic carbocycles. The van der Waals surface area contributed by atoms with Crippen LogP contribution in [0.4, 0.5) is 0 Å². The maximum atomic E-state index is 5.63. The van der Waals surface area contributed by atoms with E-state index in [1.165, 1.54) is 0 Å². The van der Waals surface area contributed by atoms with Crippen molar-refractivity contribution in [2.75, 3.05) is 5.88 Å². The predicted molar refractivity (Wildman–Crippen MR) is 57.4 cm³/mol. The highest BCUT2D eigenvalue weighted by Crippen LogP contribution is 2.21. The number of rotatable bonds is 4. The molecule has 0 saturated heterocycles. The van der Waals surface area contributed by atoms with E-state index in [2.05, 4.69) is 16.9 Å². The van der Waals surface area contributed by atoms with E-state index >= 15 is 0 Å². The number of halogens is 1. The molecule has 0 fully saturated rings. The van der Waals surface area contributed by atoms with E-state index in [1.807, 2.05) is 19.3 Å². The third-order valence-electron chi connectivity index (χ3n) is 1.58. The lowest BCUT2D eigenvalue weighted by Crippen LogP contribution is -1.98. The maximum absolute atomic E-state index is 5.63. The third kappa shape index (κ3) is 3.96. The molecule has 0 spiro atoms. The molecule has 72 valence electrons. The van der Waals surface area contributed by atoms with Crippen LogP contribution >= 0.6 is 23.4 Å². The predicted octanol–water partition coefficient (Wildman–Crippen LogP) is 2.89. The summed E-state index contributed by atoms with van der Waals surface area (Å²) in [6, 6.07) is 0. The summed E-state index contributed by atoms with van der Waals surface area (Å²) < 4.78 is 0. The Bertz CT molecular complexity index is 250. The second-order valence-corrected chi connectivity index (χ2v) is 4.73. The van der Waals surface area contributed by atoms with Crippen molar-refractivity contribution in [3.63, 3.8) is 0 Å². The largest absolute Gasteiger partial charge is 0.231 e. The molecular formula is C9H13ClN2S. The van der Waals surface area contributed by atoms with Crippen molar-refractivity contribution >= 4 is 23.4 Å². The van der Waals surface area contributed by atoms with Crippen molar-refractivity contribution in [1.82, 2.24) is 9.97 Å². The first-order chi connectivity index (χ1) is 6.22. The summed E-state index contributed by atoms with van der Waals surface area (Å²) in [5.74, 6) is 0.694. The van der Waals surface area contributed by atoms with Crippen molar-refractivity contribution in [3.8, 4) is 0 Å². The number of thioether (sulfide) groups is 1. The minimum absolute atomic E-state index is 0.486. The van der Waals surface area contributed by atoms with Gasteiger partial charge in [-0.3, -0.25) is 0 Å². The molecule has 13 heavy (non-hydrogen) atoms. The molecule has 0 amide bonds. The molecule has 1 aromatic rings. The fraction of sp³-hybridized carbons (Fsp3) is 0.556. The summed E-state index contributed by atoms with van der Waals surface area (Å²) in [6.45, 7) is 4.12. The molecule has 1 aromatic heterocycles. The fourth-order valence-electron chi connectivity index (χ4n) is 0.834. The van der Waals surface area contributed by atoms with Gasteiger partial charge in [0.15, 0.2) is 5.16 Å². The Hall–Kier alpha value is -0.280. The van der Waals surface area contributed by atoms with Crippen LogP contribution < -0.4 is 0 Å². The zero-order chi connectivity index (χ0) is 9.68. The van der Waals surface area contributed by atoms with Crippen LogP contribution in [0.5, 0.6) is 0 Å². The molecule has 0 aliphatic carbocycles. The first-order valence-electron chi connectivity index (χ1n) is 4.23. The molecule has 4 heteroatoms. The Morgan fingerprint density at radius 1 is 1.46 bits per heavy atom. The Labute approximate surface area is 88.1 Å². The smallest absolute Gasteiger partial charge is 0.187 e. The fourth-order valence-corrected chi connectivity index (χ4v) is 2.11. The van der Waals surface area contributed by atoms with Gasteiger partial charge in [-0.15, -0.1) is 11.6 Å². The number of hydrogen-bond acceptors (Lipinski definition) is 3. The first-order valence-corrected chi connectivity index (χ1v) is 5.65. The van der Waals surface area contributed by atoms with E-state index in [1.54, 1.807) is 11.8 Å². The summed E-state index contributed by atoms with van der Waals surface area (Å²) in [4.78, 5) is 8.42. The Morgan fingerprint density at radius 2 is 2.08 bits per heavy atom. The van der Waals surface area contributed by atoms with Gasteiger partial charge in [0.05, 0.1) is 0 Å². The molecule has 0 saturated carbocycles. The van der Waals surface area contributed by atoms with Gasteiger partial charge in [0, 0.05) is 23.5 Å². The molecule has 0 bridgehead atoms. The Morgan fingerprint density at radius 3 is 2.62 bits per heavy atom. The topological polar surface area (TPSA) is 25.8 Å². The van der Waals surface area contributed by atoms with Crippen LogP contribution in [0.1, 0.15) is 18.9 Å². The molecule has 0 aliphatic heterocycles. The van der Waals surface area contributed by atoms with Gasteiger partial charge in [0.2, 0.25) is 0 Å². The lowest BCUT2D eigenvalue weighted by molar-refractivity contribution is 0.886. The molecule has 1 atom stereocenters. The van der Waals surface area contributed by atoms with Crippen LogP contribution in [0.15, 0.2) is 17.6 Å². The molecule has 0 aliphatic rings. The standard InChI is InChI=1S/C9H13ClN2S/c1-7-5-11-9(12-6-7)13-8(2)3-4-10/h5-6,8H,3-4H2,1-2H3. The highest BCUT2D eigenvalue weighted by atomic mass is 35.5. The summed E-state index contributed by atoms with van der Waals surface area (Å²) in [7, 11) is 0. The lowest BCUT2D eigenvalue weighted by atomic mass is 10.4. The Kier molecular flexibility index (Phi) is 4.53. The first kappa shape index (κ1) is 10.8. The third-order valence-corrected chi connectivity index (χ3v) is 2.86. The van der Waals surface area contributed by atoms with Crippen LogP contribution in [0.25, 0.3) is 0 Å². The lowest BCUT2D eigenvalue weighted by Gasteiger charge is -2.06. The molecule has 1 unspecified atom stereocenters. The highest BCUT2D eigenvalue weighted by Gasteiger charge is 2.05. The van der Waals surface area contributed by atoms with E-state index in [4.69, 9.17) is 11.6 Å². The van der Waals surface area contributed by atoms with Crippen LogP contribution in [0, 0.1) is 6.92 Å². The van der Waals surface area contributed by atoms with Gasteiger partial charge in [-0.1, -0.05) is 18.7 Å². The van der Waals surface area contributed by atoms with Gasteiger partial charge < -0.3 is 0 Å². The number of aromatic nitrogens is 2. The summed E-state index contributed by atoms with van der Waals surface area (Å²) in [5, 5.41) is 1.32. The average molecular weight is 217 g/mol. The normalized spacial score (nSPS) is 12.8. The number of hydrogen-bond donors (Lipinski definition) is 0. The minimum atomic E-state index is 0.486. The maximum Gasteiger partial charge on any atom is 0.187 e. The molecule has 2 nitrogen and oxygen atoms in total. The van der Waals surface area contributed by atoms with Crippen LogP contribution in [-0.2, 0) is 0 Å². The van der Waals surface area contributed by atoms with E-state index in [-0.39, 0.29) is 0 Å². The van der Waals surface area contributed by atoms with Gasteiger partial charge in [-0.05, 0) is 18.9 Å². The van der Waals surface area contributed by atoms with Gasteiger partial charge in [-0.2, -0.15) is 0 Å². The van der Waals surface area contributed by atoms with Crippen LogP contribution in [-0.4, -0.2) is 21.1 Å². The summed E-state index contributed by atoms with van der Waals surface area (Å²) >= 11 is 7.30. The molecular weight excluding hydrogens is 204 g/mol. The van der Waals surface area contributed by atoms with E-state index in [0.29, 0.717) is 11.1 Å². The second-order valence-electron chi connectivity index (χ2n) is 2.95. The minimum Gasteiger partial charge on any atom is -0.231 e. The van der Waals surface area contributed by atoms with E-state index in [0.717, 1.165) is 17.1 Å². The SMILES string of the molecule is Cc1cnc(SC(C)CCCl)nc1. The summed E-state index contributed by atoms with van der Waals surface area (Å²) in [5.41, 5.74) is 1.09. The number of alkyl halides is 1. The number of nitrogens with zero attached hydrogens (tertiary/aromatic N) is 2. The van der Waals surface area contributed by atoms with Crippen molar-refractivity contribution in [2.24, 2.45) is 0 Å².